The Morgan fingerprint density at radius 1 is 0.792 bits per heavy atom. The molecule has 2 saturated heterocycles. The minimum absolute atomic E-state index is 0.0200. The Balaban J connectivity index is 1.55. The van der Waals surface area contributed by atoms with E-state index in [0.29, 0.717) is 0 Å². The Morgan fingerprint density at radius 3 is 2.04 bits per heavy atom. The van der Waals surface area contributed by atoms with Gasteiger partial charge in [0.05, 0.1) is 19.3 Å². The Labute approximate surface area is 271 Å². The van der Waals surface area contributed by atoms with Crippen molar-refractivity contribution >= 4 is 12.0 Å². The first-order chi connectivity index (χ1) is 22.7. The molecule has 2 fully saturated rings. The maximum atomic E-state index is 11.3. The summed E-state index contributed by atoms with van der Waals surface area (Å²) >= 11 is 0. The number of rotatable bonds is 9. The number of aromatic hydroxyl groups is 3. The van der Waals surface area contributed by atoms with Crippen molar-refractivity contribution < 1.29 is 89.0 Å². The number of phenolic OH excluding ortho intramolecular Hbond substituents is 3. The van der Waals surface area contributed by atoms with Crippen molar-refractivity contribution in [1.82, 2.24) is 0 Å². The van der Waals surface area contributed by atoms with Crippen LogP contribution in [0.25, 0.3) is 6.08 Å². The summed E-state index contributed by atoms with van der Waals surface area (Å²) in [5, 5.41) is 103. The zero-order valence-electron chi connectivity index (χ0n) is 25.4. The molecule has 0 amide bonds. The molecule has 48 heavy (non-hydrogen) atoms. The van der Waals surface area contributed by atoms with E-state index in [2.05, 4.69) is 0 Å². The lowest BCUT2D eigenvalue weighted by Crippen LogP contribution is -2.60. The van der Waals surface area contributed by atoms with Crippen LogP contribution in [0.15, 0.2) is 30.0 Å². The SMILES string of the molecule is COc1cc(C2Oc3cc(O)cc(O[C@@H]4O[C@H](COC(C)=O)[C@H](O)[C@H](O)[C@H]4O)c3C=C2O[C@@H]2O[C@H](CO)[C@H](O)[C@H](O)[C@H]2O)cc(O)c1O. The molecular formula is C30H36O18. The molecule has 0 aromatic heterocycles. The Kier molecular flexibility index (Phi) is 10.4. The average molecular weight is 685 g/mol. The van der Waals surface area contributed by atoms with Gasteiger partial charge in [0.2, 0.25) is 18.3 Å². The average Bonchev–Trinajstić information content (AvgIpc) is 3.05. The third-order valence-corrected chi connectivity index (χ3v) is 7.94. The standard InChI is InChI=1S/C30H36O18/c1-10(32)43-9-20-23(37)25(39)27(41)29(48-20)45-16-6-12(33)5-15-13(16)7-18(46-30-26(40)24(38)22(36)19(8-31)47-30)28(44-15)11-3-14(34)21(35)17(4-11)42-2/h3-7,19-20,22-31,33-41H,8-9H2,1-2H3/t19-,20-,22+,23+,24+,25+,26-,27-,28?,29-,30-/m1/s1. The van der Waals surface area contributed by atoms with E-state index in [1.807, 2.05) is 0 Å². The second-order valence-corrected chi connectivity index (χ2v) is 11.2. The molecule has 1 unspecified atom stereocenters. The summed E-state index contributed by atoms with van der Waals surface area (Å²) in [6, 6.07) is 4.67. The van der Waals surface area contributed by atoms with Crippen LogP contribution in [0.2, 0.25) is 0 Å². The van der Waals surface area contributed by atoms with Crippen LogP contribution in [-0.4, -0.2) is 139 Å². The maximum absolute atomic E-state index is 11.3. The van der Waals surface area contributed by atoms with Crippen LogP contribution in [0.5, 0.6) is 34.5 Å². The molecule has 5 rings (SSSR count). The molecule has 0 aliphatic carbocycles. The molecule has 11 atom stereocenters. The molecule has 0 saturated carbocycles. The van der Waals surface area contributed by atoms with Gasteiger partial charge in [0, 0.05) is 24.6 Å². The summed E-state index contributed by atoms with van der Waals surface area (Å²) in [5.41, 5.74) is 0.123. The Bertz CT molecular complexity index is 1510. The van der Waals surface area contributed by atoms with Crippen molar-refractivity contribution in [3.63, 3.8) is 0 Å². The zero-order valence-corrected chi connectivity index (χ0v) is 25.4. The number of esters is 1. The van der Waals surface area contributed by atoms with Gasteiger partial charge in [-0.25, -0.2) is 0 Å². The fourth-order valence-electron chi connectivity index (χ4n) is 5.35. The number of hydrogen-bond acceptors (Lipinski definition) is 18. The summed E-state index contributed by atoms with van der Waals surface area (Å²) in [5.74, 6) is -3.00. The largest absolute Gasteiger partial charge is 0.508 e. The number of carbonyl (C=O) groups excluding carboxylic acids is 1. The molecular weight excluding hydrogens is 648 g/mol. The number of hydrogen-bond donors (Lipinski definition) is 10. The highest BCUT2D eigenvalue weighted by atomic mass is 16.7. The van der Waals surface area contributed by atoms with Crippen molar-refractivity contribution in [2.75, 3.05) is 20.3 Å². The molecule has 0 spiro atoms. The lowest BCUT2D eigenvalue weighted by atomic mass is 9.98. The molecule has 264 valence electrons. The number of benzene rings is 2. The van der Waals surface area contributed by atoms with Crippen LogP contribution < -0.4 is 14.2 Å². The van der Waals surface area contributed by atoms with Crippen molar-refractivity contribution in [3.8, 4) is 34.5 Å². The smallest absolute Gasteiger partial charge is 0.302 e. The second-order valence-electron chi connectivity index (χ2n) is 11.2. The van der Waals surface area contributed by atoms with E-state index < -0.39 is 104 Å². The third-order valence-electron chi connectivity index (χ3n) is 7.94. The first-order valence-electron chi connectivity index (χ1n) is 14.6. The molecule has 0 bridgehead atoms. The number of carbonyl (C=O) groups is 1. The van der Waals surface area contributed by atoms with E-state index >= 15 is 0 Å². The summed E-state index contributed by atoms with van der Waals surface area (Å²) in [6.07, 6.45) is -16.8. The fourth-order valence-corrected chi connectivity index (χ4v) is 5.35. The molecule has 18 heteroatoms. The number of aliphatic hydroxyl groups excluding tert-OH is 7. The first kappa shape index (κ1) is 35.2. The van der Waals surface area contributed by atoms with Crippen molar-refractivity contribution in [2.24, 2.45) is 0 Å². The van der Waals surface area contributed by atoms with Gasteiger partial charge in [-0.15, -0.1) is 0 Å². The molecule has 3 aliphatic heterocycles. The first-order valence-corrected chi connectivity index (χ1v) is 14.6. The molecule has 2 aromatic rings. The zero-order chi connectivity index (χ0) is 35.0. The topological polar surface area (TPSA) is 284 Å². The van der Waals surface area contributed by atoms with Gasteiger partial charge in [-0.3, -0.25) is 4.79 Å². The molecule has 3 aliphatic rings. The van der Waals surface area contributed by atoms with Crippen molar-refractivity contribution in [2.45, 2.75) is 74.4 Å². The normalized spacial score (nSPS) is 33.1. The van der Waals surface area contributed by atoms with Crippen LogP contribution in [-0.2, 0) is 23.7 Å². The lowest BCUT2D eigenvalue weighted by molar-refractivity contribution is -0.293. The van der Waals surface area contributed by atoms with Gasteiger partial charge in [0.15, 0.2) is 17.6 Å². The summed E-state index contributed by atoms with van der Waals surface area (Å²) < 4.78 is 39.0. The van der Waals surface area contributed by atoms with Gasteiger partial charge in [-0.05, 0) is 18.2 Å². The summed E-state index contributed by atoms with van der Waals surface area (Å²) in [6.45, 7) is -0.134. The van der Waals surface area contributed by atoms with E-state index in [4.69, 9.17) is 33.2 Å². The van der Waals surface area contributed by atoms with E-state index in [9.17, 15) is 55.9 Å². The number of phenols is 3. The van der Waals surface area contributed by atoms with Crippen LogP contribution in [0.3, 0.4) is 0 Å². The molecule has 18 nitrogen and oxygen atoms in total. The van der Waals surface area contributed by atoms with Crippen LogP contribution >= 0.6 is 0 Å². The third kappa shape index (κ3) is 6.88. The highest BCUT2D eigenvalue weighted by Gasteiger charge is 2.47. The number of aliphatic hydroxyl groups is 7. The molecule has 3 heterocycles. The quantitative estimate of drug-likeness (QED) is 0.0995. The van der Waals surface area contributed by atoms with Gasteiger partial charge in [-0.1, -0.05) is 0 Å². The van der Waals surface area contributed by atoms with Crippen LogP contribution in [0, 0.1) is 0 Å². The van der Waals surface area contributed by atoms with E-state index in [1.165, 1.54) is 25.3 Å². The van der Waals surface area contributed by atoms with Crippen LogP contribution in [0.4, 0.5) is 0 Å². The maximum Gasteiger partial charge on any atom is 0.302 e. The molecule has 10 N–H and O–H groups in total. The van der Waals surface area contributed by atoms with E-state index in [-0.39, 0.29) is 34.1 Å². The van der Waals surface area contributed by atoms with Gasteiger partial charge >= 0.3 is 5.97 Å². The summed E-state index contributed by atoms with van der Waals surface area (Å²) in [4.78, 5) is 11.3. The number of ether oxygens (including phenoxy) is 7. The highest BCUT2D eigenvalue weighted by molar-refractivity contribution is 5.70. The number of methoxy groups -OCH3 is 1. The number of fused-ring (bicyclic) bond motifs is 1. The fraction of sp³-hybridized carbons (Fsp3) is 0.500. The van der Waals surface area contributed by atoms with E-state index in [1.54, 1.807) is 0 Å². The van der Waals surface area contributed by atoms with Crippen LogP contribution in [0.1, 0.15) is 24.2 Å². The van der Waals surface area contributed by atoms with Gasteiger partial charge in [-0.2, -0.15) is 0 Å². The lowest BCUT2D eigenvalue weighted by Gasteiger charge is -2.41. The second kappa shape index (κ2) is 14.2. The predicted octanol–water partition coefficient (Wildman–Crippen LogP) is -2.15. The highest BCUT2D eigenvalue weighted by Crippen LogP contribution is 2.48. The van der Waals surface area contributed by atoms with Gasteiger partial charge < -0.3 is 84.2 Å². The molecule has 0 radical (unpaired) electrons. The Morgan fingerprint density at radius 2 is 1.42 bits per heavy atom. The van der Waals surface area contributed by atoms with Crippen molar-refractivity contribution in [1.29, 1.82) is 0 Å². The summed E-state index contributed by atoms with van der Waals surface area (Å²) in [7, 11) is 1.23. The van der Waals surface area contributed by atoms with E-state index in [0.717, 1.165) is 19.1 Å². The Hall–Kier alpha value is -4.11. The van der Waals surface area contributed by atoms with Gasteiger partial charge in [0.25, 0.3) is 0 Å². The molecule has 2 aromatic carbocycles. The monoisotopic (exact) mass is 684 g/mol. The van der Waals surface area contributed by atoms with Crippen molar-refractivity contribution in [3.05, 3.63) is 41.2 Å². The van der Waals surface area contributed by atoms with Gasteiger partial charge in [0.1, 0.15) is 78.4 Å². The predicted molar refractivity (Wildman–Crippen MR) is 155 cm³/mol. The minimum atomic E-state index is -1.85. The minimum Gasteiger partial charge on any atom is -0.508 e.